The number of carbonyl (C=O) groups excluding carboxylic acids is 1. The Labute approximate surface area is 117 Å². The summed E-state index contributed by atoms with van der Waals surface area (Å²) < 4.78 is 25.3. The van der Waals surface area contributed by atoms with E-state index in [1.807, 2.05) is 0 Å². The molecule has 1 aliphatic heterocycles. The summed E-state index contributed by atoms with van der Waals surface area (Å²) in [7, 11) is -1.67. The second kappa shape index (κ2) is 6.13. The number of benzene rings is 1. The van der Waals surface area contributed by atoms with Crippen molar-refractivity contribution in [1.82, 2.24) is 4.90 Å². The van der Waals surface area contributed by atoms with Crippen LogP contribution in [0.3, 0.4) is 0 Å². The number of amides is 1. The van der Waals surface area contributed by atoms with Gasteiger partial charge >= 0.3 is 5.97 Å². The van der Waals surface area contributed by atoms with Crippen LogP contribution in [0.1, 0.15) is 23.2 Å². The number of carboxylic acid groups (broad SMARTS) is 1. The van der Waals surface area contributed by atoms with Crippen molar-refractivity contribution < 1.29 is 23.3 Å². The molecule has 0 bridgehead atoms. The molecule has 0 aliphatic carbocycles. The van der Waals surface area contributed by atoms with E-state index in [1.54, 1.807) is 4.90 Å². The fraction of sp³-hybridized carbons (Fsp3) is 0.385. The van der Waals surface area contributed by atoms with Crippen LogP contribution in [0.5, 0.6) is 0 Å². The van der Waals surface area contributed by atoms with Gasteiger partial charge in [-0.25, -0.2) is 9.18 Å². The van der Waals surface area contributed by atoms with Crippen molar-refractivity contribution in [2.24, 2.45) is 0 Å². The third-order valence-corrected chi connectivity index (χ3v) is 4.43. The summed E-state index contributed by atoms with van der Waals surface area (Å²) in [5, 5.41) is 8.81. The highest BCUT2D eigenvalue weighted by atomic mass is 32.2. The Morgan fingerprint density at radius 3 is 2.55 bits per heavy atom. The predicted octanol–water partition coefficient (Wildman–Crippen LogP) is 1.25. The highest BCUT2D eigenvalue weighted by Crippen LogP contribution is 2.15. The quantitative estimate of drug-likeness (QED) is 0.908. The van der Waals surface area contributed by atoms with Crippen LogP contribution >= 0.6 is 0 Å². The van der Waals surface area contributed by atoms with Gasteiger partial charge in [-0.1, -0.05) is 0 Å². The van der Waals surface area contributed by atoms with Gasteiger partial charge < -0.3 is 10.0 Å². The summed E-state index contributed by atoms with van der Waals surface area (Å²) >= 11 is 0. The van der Waals surface area contributed by atoms with E-state index >= 15 is 0 Å². The number of halogens is 1. The summed E-state index contributed by atoms with van der Waals surface area (Å²) in [6, 6.07) is 3.22. The molecule has 0 aromatic heterocycles. The number of rotatable bonds is 4. The Bertz CT molecular complexity index is 569. The molecule has 1 amide bonds. The average molecular weight is 299 g/mol. The smallest absolute Gasteiger partial charge is 0.338 e. The molecular weight excluding hydrogens is 285 g/mol. The second-order valence-electron chi connectivity index (χ2n) is 4.52. The van der Waals surface area contributed by atoms with E-state index in [4.69, 9.17) is 5.11 Å². The number of aromatic carboxylic acids is 1. The van der Waals surface area contributed by atoms with Crippen LogP contribution in [0.25, 0.3) is 0 Å². The molecule has 5 nitrogen and oxygen atoms in total. The zero-order chi connectivity index (χ0) is 14.7. The molecule has 1 fully saturated rings. The van der Waals surface area contributed by atoms with Gasteiger partial charge in [0.15, 0.2) is 0 Å². The Morgan fingerprint density at radius 2 is 1.95 bits per heavy atom. The lowest BCUT2D eigenvalue weighted by atomic mass is 10.2. The minimum atomic E-state index is -1.67. The molecule has 7 heteroatoms. The van der Waals surface area contributed by atoms with Crippen molar-refractivity contribution in [2.45, 2.75) is 17.7 Å². The van der Waals surface area contributed by atoms with Crippen molar-refractivity contribution in [2.75, 3.05) is 18.8 Å². The third kappa shape index (κ3) is 3.22. The van der Waals surface area contributed by atoms with Gasteiger partial charge in [0, 0.05) is 18.0 Å². The summed E-state index contributed by atoms with van der Waals surface area (Å²) in [4.78, 5) is 24.5. The minimum Gasteiger partial charge on any atom is -0.478 e. The van der Waals surface area contributed by atoms with E-state index < -0.39 is 28.1 Å². The molecule has 2 rings (SSSR count). The molecule has 0 radical (unpaired) electrons. The zero-order valence-corrected chi connectivity index (χ0v) is 11.5. The molecule has 108 valence electrons. The first-order chi connectivity index (χ1) is 9.49. The first-order valence-electron chi connectivity index (χ1n) is 6.18. The van der Waals surface area contributed by atoms with Gasteiger partial charge in [0.1, 0.15) is 11.6 Å². The van der Waals surface area contributed by atoms with Gasteiger partial charge in [-0.2, -0.15) is 0 Å². The van der Waals surface area contributed by atoms with Crippen molar-refractivity contribution in [1.29, 1.82) is 0 Å². The topological polar surface area (TPSA) is 74.7 Å². The first kappa shape index (κ1) is 14.6. The fourth-order valence-electron chi connectivity index (χ4n) is 2.06. The normalized spacial score (nSPS) is 16.1. The Balaban J connectivity index is 2.11. The van der Waals surface area contributed by atoms with Gasteiger partial charge in [-0.15, -0.1) is 0 Å². The van der Waals surface area contributed by atoms with Crippen molar-refractivity contribution in [3.63, 3.8) is 0 Å². The van der Waals surface area contributed by atoms with Crippen molar-refractivity contribution in [3.05, 3.63) is 29.6 Å². The highest BCUT2D eigenvalue weighted by molar-refractivity contribution is 7.85. The van der Waals surface area contributed by atoms with E-state index in [2.05, 4.69) is 0 Å². The SMILES string of the molecule is O=C(O)c1cc(S(=O)CC(=O)N2CCCC2)ccc1F. The summed E-state index contributed by atoms with van der Waals surface area (Å²) in [6.45, 7) is 1.33. The van der Waals surface area contributed by atoms with Crippen LogP contribution in [-0.2, 0) is 15.6 Å². The number of hydrogen-bond acceptors (Lipinski definition) is 3. The number of carboxylic acids is 1. The van der Waals surface area contributed by atoms with Gasteiger partial charge in [-0.05, 0) is 31.0 Å². The molecule has 0 spiro atoms. The molecule has 1 aromatic carbocycles. The monoisotopic (exact) mass is 299 g/mol. The van der Waals surface area contributed by atoms with Crippen LogP contribution in [0.2, 0.25) is 0 Å². The lowest BCUT2D eigenvalue weighted by Crippen LogP contribution is -2.31. The lowest BCUT2D eigenvalue weighted by Gasteiger charge is -2.14. The summed E-state index contributed by atoms with van der Waals surface area (Å²) in [5.41, 5.74) is -0.538. The maximum Gasteiger partial charge on any atom is 0.338 e. The number of hydrogen-bond donors (Lipinski definition) is 1. The van der Waals surface area contributed by atoms with E-state index in [0.29, 0.717) is 13.1 Å². The second-order valence-corrected chi connectivity index (χ2v) is 5.98. The number of nitrogens with zero attached hydrogens (tertiary/aromatic N) is 1. The highest BCUT2D eigenvalue weighted by Gasteiger charge is 2.21. The lowest BCUT2D eigenvalue weighted by molar-refractivity contribution is -0.127. The van der Waals surface area contributed by atoms with E-state index in [9.17, 15) is 18.2 Å². The Hall–Kier alpha value is -1.76. The molecule has 1 heterocycles. The molecule has 1 aliphatic rings. The van der Waals surface area contributed by atoms with Gasteiger partial charge in [-0.3, -0.25) is 9.00 Å². The van der Waals surface area contributed by atoms with Crippen molar-refractivity contribution in [3.8, 4) is 0 Å². The van der Waals surface area contributed by atoms with E-state index in [-0.39, 0.29) is 16.6 Å². The van der Waals surface area contributed by atoms with Crippen LogP contribution in [0, 0.1) is 5.82 Å². The summed E-state index contributed by atoms with van der Waals surface area (Å²) in [5.74, 6) is -2.73. The van der Waals surface area contributed by atoms with Crippen LogP contribution in [0.15, 0.2) is 23.1 Å². The van der Waals surface area contributed by atoms with Crippen LogP contribution < -0.4 is 0 Å². The first-order valence-corrected chi connectivity index (χ1v) is 7.50. The molecule has 1 unspecified atom stereocenters. The van der Waals surface area contributed by atoms with Gasteiger partial charge in [0.25, 0.3) is 0 Å². The molecule has 1 aromatic rings. The van der Waals surface area contributed by atoms with Crippen LogP contribution in [-0.4, -0.2) is 44.9 Å². The minimum absolute atomic E-state index is 0.149. The maximum atomic E-state index is 13.2. The van der Waals surface area contributed by atoms with Crippen molar-refractivity contribution >= 4 is 22.7 Å². The van der Waals surface area contributed by atoms with E-state index in [0.717, 1.165) is 25.0 Å². The standard InChI is InChI=1S/C13H14FNO4S/c14-11-4-3-9(7-10(11)13(17)18)20(19)8-12(16)15-5-1-2-6-15/h3-4,7H,1-2,5-6,8H2,(H,17,18). The van der Waals surface area contributed by atoms with E-state index in [1.165, 1.54) is 6.07 Å². The largest absolute Gasteiger partial charge is 0.478 e. The molecule has 1 atom stereocenters. The summed E-state index contributed by atoms with van der Waals surface area (Å²) in [6.07, 6.45) is 1.89. The van der Waals surface area contributed by atoms with Gasteiger partial charge in [0.2, 0.25) is 5.91 Å². The number of likely N-dealkylation sites (tertiary alicyclic amines) is 1. The molecule has 1 saturated heterocycles. The molecule has 20 heavy (non-hydrogen) atoms. The fourth-order valence-corrected chi connectivity index (χ4v) is 3.11. The molecular formula is C13H14FNO4S. The zero-order valence-electron chi connectivity index (χ0n) is 10.7. The number of carbonyl (C=O) groups is 2. The average Bonchev–Trinajstić information content (AvgIpc) is 2.92. The molecule has 1 N–H and O–H groups in total. The van der Waals surface area contributed by atoms with Gasteiger partial charge in [0.05, 0.1) is 16.4 Å². The molecule has 0 saturated carbocycles. The maximum absolute atomic E-state index is 13.2. The Morgan fingerprint density at radius 1 is 1.30 bits per heavy atom. The predicted molar refractivity (Wildman–Crippen MR) is 70.4 cm³/mol. The Kier molecular flexibility index (Phi) is 4.49. The third-order valence-electron chi connectivity index (χ3n) is 3.14. The van der Waals surface area contributed by atoms with Crippen LogP contribution in [0.4, 0.5) is 4.39 Å².